The molecule has 19 heavy (non-hydrogen) atoms. The number of halogens is 3. The van der Waals surface area contributed by atoms with Gasteiger partial charge in [0.25, 0.3) is 0 Å². The van der Waals surface area contributed by atoms with Crippen molar-refractivity contribution in [3.8, 4) is 0 Å². The Morgan fingerprint density at radius 2 is 1.89 bits per heavy atom. The van der Waals surface area contributed by atoms with Gasteiger partial charge in [-0.1, -0.05) is 34.8 Å². The number of aromatic carboxylic acids is 1. The molecule has 0 unspecified atom stereocenters. The third-order valence-electron chi connectivity index (χ3n) is 2.32. The van der Waals surface area contributed by atoms with Crippen LogP contribution in [0.2, 0.25) is 15.1 Å². The van der Waals surface area contributed by atoms with E-state index in [1.165, 1.54) is 12.1 Å². The molecule has 0 aliphatic carbocycles. The topological polar surface area (TPSA) is 62.2 Å². The summed E-state index contributed by atoms with van der Waals surface area (Å²) in [5.74, 6) is -1.06. The highest BCUT2D eigenvalue weighted by molar-refractivity contribution is 7.10. The van der Waals surface area contributed by atoms with E-state index in [0.29, 0.717) is 31.5 Å². The van der Waals surface area contributed by atoms with Gasteiger partial charge in [-0.15, -0.1) is 0 Å². The Labute approximate surface area is 128 Å². The van der Waals surface area contributed by atoms with Crippen LogP contribution in [0.25, 0.3) is 0 Å². The average Bonchev–Trinajstić information content (AvgIpc) is 2.64. The number of aromatic nitrogens is 1. The molecule has 0 saturated carbocycles. The smallest absolute Gasteiger partial charge is 0.340 e. The van der Waals surface area contributed by atoms with E-state index >= 15 is 0 Å². The Hall–Kier alpha value is -1.01. The number of aryl methyl sites for hydroxylation is 1. The van der Waals surface area contributed by atoms with E-state index in [1.807, 2.05) is 0 Å². The summed E-state index contributed by atoms with van der Waals surface area (Å²) in [4.78, 5) is 11.2. The lowest BCUT2D eigenvalue weighted by Gasteiger charge is -2.09. The minimum atomic E-state index is -1.06. The van der Waals surface area contributed by atoms with E-state index in [0.717, 1.165) is 11.5 Å². The second-order valence-electron chi connectivity index (χ2n) is 3.65. The minimum absolute atomic E-state index is 0.104. The number of nitrogens with one attached hydrogen (secondary N) is 1. The second kappa shape index (κ2) is 5.54. The number of carboxylic acids is 1. The van der Waals surface area contributed by atoms with Gasteiger partial charge in [0, 0.05) is 5.02 Å². The highest BCUT2D eigenvalue weighted by atomic mass is 35.5. The van der Waals surface area contributed by atoms with Gasteiger partial charge in [-0.05, 0) is 30.6 Å². The van der Waals surface area contributed by atoms with Gasteiger partial charge < -0.3 is 10.4 Å². The summed E-state index contributed by atoms with van der Waals surface area (Å²) in [5.41, 5.74) is 0.937. The molecule has 0 fully saturated rings. The number of nitrogens with zero attached hydrogens (tertiary/aromatic N) is 1. The molecule has 2 N–H and O–H groups in total. The molecular weight excluding hydrogens is 331 g/mol. The van der Waals surface area contributed by atoms with Crippen LogP contribution in [0.3, 0.4) is 0 Å². The van der Waals surface area contributed by atoms with Crippen molar-refractivity contribution in [2.24, 2.45) is 0 Å². The summed E-state index contributed by atoms with van der Waals surface area (Å²) >= 11 is 18.9. The van der Waals surface area contributed by atoms with Crippen LogP contribution >= 0.6 is 46.3 Å². The zero-order valence-corrected chi connectivity index (χ0v) is 12.6. The van der Waals surface area contributed by atoms with E-state index in [1.54, 1.807) is 6.92 Å². The van der Waals surface area contributed by atoms with Crippen molar-refractivity contribution >= 4 is 63.0 Å². The fraction of sp³-hybridized carbons (Fsp3) is 0.0909. The lowest BCUT2D eigenvalue weighted by molar-refractivity contribution is 0.0697. The molecule has 0 spiro atoms. The van der Waals surface area contributed by atoms with E-state index in [9.17, 15) is 4.79 Å². The number of hydrogen-bond acceptors (Lipinski definition) is 4. The van der Waals surface area contributed by atoms with Gasteiger partial charge in [0.2, 0.25) is 0 Å². The summed E-state index contributed by atoms with van der Waals surface area (Å²) in [6, 6.07) is 3.04. The van der Waals surface area contributed by atoms with Crippen LogP contribution in [-0.2, 0) is 0 Å². The molecule has 1 aromatic heterocycles. The summed E-state index contributed by atoms with van der Waals surface area (Å²) in [5, 5.41) is 13.4. The molecule has 1 heterocycles. The van der Waals surface area contributed by atoms with Crippen molar-refractivity contribution in [3.63, 3.8) is 0 Å². The maximum Gasteiger partial charge on any atom is 0.340 e. The van der Waals surface area contributed by atoms with Gasteiger partial charge in [-0.2, -0.15) is 4.37 Å². The van der Waals surface area contributed by atoms with Crippen molar-refractivity contribution in [3.05, 3.63) is 38.5 Å². The van der Waals surface area contributed by atoms with Crippen LogP contribution in [-0.4, -0.2) is 15.4 Å². The summed E-state index contributed by atoms with van der Waals surface area (Å²) < 4.78 is 4.00. The highest BCUT2D eigenvalue weighted by Crippen LogP contribution is 2.38. The largest absolute Gasteiger partial charge is 0.478 e. The van der Waals surface area contributed by atoms with E-state index < -0.39 is 5.97 Å². The van der Waals surface area contributed by atoms with Crippen molar-refractivity contribution in [1.29, 1.82) is 0 Å². The number of carboxylic acid groups (broad SMARTS) is 1. The Kier molecular flexibility index (Phi) is 4.20. The maximum atomic E-state index is 11.2. The number of carbonyl (C=O) groups is 1. The Morgan fingerprint density at radius 3 is 2.42 bits per heavy atom. The van der Waals surface area contributed by atoms with Crippen molar-refractivity contribution in [1.82, 2.24) is 4.37 Å². The minimum Gasteiger partial charge on any atom is -0.478 e. The van der Waals surface area contributed by atoms with E-state index in [-0.39, 0.29) is 5.56 Å². The number of rotatable bonds is 3. The van der Waals surface area contributed by atoms with E-state index in [4.69, 9.17) is 39.9 Å². The van der Waals surface area contributed by atoms with Gasteiger partial charge in [0.1, 0.15) is 10.6 Å². The van der Waals surface area contributed by atoms with Crippen LogP contribution in [0.1, 0.15) is 16.1 Å². The number of anilines is 2. The molecule has 2 aromatic rings. The number of benzene rings is 1. The van der Waals surface area contributed by atoms with Crippen molar-refractivity contribution in [2.45, 2.75) is 6.92 Å². The highest BCUT2D eigenvalue weighted by Gasteiger charge is 2.19. The molecule has 0 saturated heterocycles. The summed E-state index contributed by atoms with van der Waals surface area (Å²) in [6.45, 7) is 1.62. The fourth-order valence-electron chi connectivity index (χ4n) is 1.48. The molecule has 0 atom stereocenters. The van der Waals surface area contributed by atoms with Crippen molar-refractivity contribution < 1.29 is 9.90 Å². The first-order valence-electron chi connectivity index (χ1n) is 5.01. The number of hydrogen-bond donors (Lipinski definition) is 2. The molecule has 0 aliphatic heterocycles. The molecule has 1 aromatic carbocycles. The van der Waals surface area contributed by atoms with Gasteiger partial charge in [-0.3, -0.25) is 0 Å². The van der Waals surface area contributed by atoms with Gasteiger partial charge in [-0.25, -0.2) is 4.79 Å². The lowest BCUT2D eigenvalue weighted by atomic mass is 10.2. The quantitative estimate of drug-likeness (QED) is 0.840. The monoisotopic (exact) mass is 336 g/mol. The van der Waals surface area contributed by atoms with Crippen LogP contribution in [0, 0.1) is 6.92 Å². The van der Waals surface area contributed by atoms with Crippen molar-refractivity contribution in [2.75, 3.05) is 5.32 Å². The third kappa shape index (κ3) is 2.95. The zero-order chi connectivity index (χ0) is 14.2. The average molecular weight is 338 g/mol. The molecule has 2 rings (SSSR count). The molecule has 4 nitrogen and oxygen atoms in total. The van der Waals surface area contributed by atoms with Crippen LogP contribution in [0.4, 0.5) is 10.7 Å². The summed E-state index contributed by atoms with van der Waals surface area (Å²) in [6.07, 6.45) is 0. The molecule has 0 amide bonds. The van der Waals surface area contributed by atoms with E-state index in [2.05, 4.69) is 9.69 Å². The van der Waals surface area contributed by atoms with Gasteiger partial charge >= 0.3 is 5.97 Å². The second-order valence-corrected chi connectivity index (χ2v) is 5.67. The predicted molar refractivity (Wildman–Crippen MR) is 78.6 cm³/mol. The SMILES string of the molecule is Cc1nsc(Nc2c(Cl)cc(Cl)cc2Cl)c1C(=O)O. The molecular formula is C11H7Cl3N2O2S. The molecule has 0 bridgehead atoms. The standard InChI is InChI=1S/C11H7Cl3N2O2S/c1-4-8(11(17)18)10(19-16-4)15-9-6(13)2-5(12)3-7(9)14/h2-3,15H,1H3,(H,17,18). The van der Waals surface area contributed by atoms with Crippen LogP contribution < -0.4 is 5.32 Å². The maximum absolute atomic E-state index is 11.2. The van der Waals surface area contributed by atoms with Gasteiger partial charge in [0.15, 0.2) is 0 Å². The summed E-state index contributed by atoms with van der Waals surface area (Å²) in [7, 11) is 0. The normalized spacial score (nSPS) is 10.5. The van der Waals surface area contributed by atoms with Crippen LogP contribution in [0.15, 0.2) is 12.1 Å². The predicted octanol–water partition coefficient (Wildman–Crippen LogP) is 4.85. The van der Waals surface area contributed by atoms with Gasteiger partial charge in [0.05, 0.1) is 21.4 Å². The fourth-order valence-corrected chi connectivity index (χ4v) is 3.19. The zero-order valence-electron chi connectivity index (χ0n) is 9.50. The molecule has 0 radical (unpaired) electrons. The molecule has 8 heteroatoms. The van der Waals surface area contributed by atoms with Crippen LogP contribution in [0.5, 0.6) is 0 Å². The Morgan fingerprint density at radius 1 is 1.32 bits per heavy atom. The Balaban J connectivity index is 2.45. The molecule has 100 valence electrons. The third-order valence-corrected chi connectivity index (χ3v) is 3.99. The first-order valence-corrected chi connectivity index (χ1v) is 6.92. The first-order chi connectivity index (χ1) is 8.90. The first kappa shape index (κ1) is 14.4. The Bertz CT molecular complexity index is 634. The lowest BCUT2D eigenvalue weighted by Crippen LogP contribution is -2.02. The molecule has 0 aliphatic rings.